The number of aromatic nitrogens is 2. The van der Waals surface area contributed by atoms with Crippen molar-refractivity contribution in [2.45, 2.75) is 44.2 Å². The highest BCUT2D eigenvalue weighted by atomic mass is 16.5. The number of nitrogens with zero attached hydrogens (tertiary/aromatic N) is 3. The summed E-state index contributed by atoms with van der Waals surface area (Å²) < 4.78 is 7.41. The zero-order chi connectivity index (χ0) is 14.5. The van der Waals surface area contributed by atoms with Gasteiger partial charge in [-0.25, -0.2) is 0 Å². The molecule has 0 atom stereocenters. The van der Waals surface area contributed by atoms with Gasteiger partial charge in [-0.2, -0.15) is 5.10 Å². The second kappa shape index (κ2) is 6.90. The van der Waals surface area contributed by atoms with E-state index < -0.39 is 0 Å². The zero-order valence-electron chi connectivity index (χ0n) is 13.2. The quantitative estimate of drug-likeness (QED) is 0.894. The molecular formula is C16H28N4O. The number of hydrogen-bond acceptors (Lipinski definition) is 4. The zero-order valence-corrected chi connectivity index (χ0v) is 13.2. The third-order valence-corrected chi connectivity index (χ3v) is 5.01. The van der Waals surface area contributed by atoms with Crippen molar-refractivity contribution in [3.05, 3.63) is 18.0 Å². The maximum atomic E-state index is 5.54. The van der Waals surface area contributed by atoms with E-state index in [1.54, 1.807) is 0 Å². The molecule has 0 aromatic carbocycles. The normalized spacial score (nSPS) is 23.3. The van der Waals surface area contributed by atoms with E-state index in [-0.39, 0.29) is 0 Å². The predicted octanol–water partition coefficient (Wildman–Crippen LogP) is 1.54. The summed E-state index contributed by atoms with van der Waals surface area (Å²) in [5.74, 6) is 0. The van der Waals surface area contributed by atoms with Crippen molar-refractivity contribution in [3.63, 3.8) is 0 Å². The van der Waals surface area contributed by atoms with Gasteiger partial charge >= 0.3 is 0 Å². The van der Waals surface area contributed by atoms with Crippen LogP contribution in [0.3, 0.4) is 0 Å². The standard InChI is InChI=1S/C16H28N4O/c1-19-13-15(12-18-19)11-17-14-16(5-3-2-4-6-16)20-7-9-21-10-8-20/h12-13,17H,2-11,14H2,1H3. The highest BCUT2D eigenvalue weighted by Crippen LogP contribution is 2.33. The van der Waals surface area contributed by atoms with Gasteiger partial charge in [0.1, 0.15) is 0 Å². The second-order valence-corrected chi connectivity index (χ2v) is 6.51. The molecule has 0 spiro atoms. The number of hydrogen-bond donors (Lipinski definition) is 1. The average molecular weight is 292 g/mol. The molecule has 2 heterocycles. The van der Waals surface area contributed by atoms with Gasteiger partial charge in [-0.05, 0) is 12.8 Å². The molecule has 21 heavy (non-hydrogen) atoms. The topological polar surface area (TPSA) is 42.3 Å². The Labute approximate surface area is 127 Å². The number of morpholine rings is 1. The Kier molecular flexibility index (Phi) is 4.93. The van der Waals surface area contributed by atoms with Crippen molar-refractivity contribution in [3.8, 4) is 0 Å². The Hall–Kier alpha value is -0.910. The molecule has 1 N–H and O–H groups in total. The van der Waals surface area contributed by atoms with E-state index in [4.69, 9.17) is 4.74 Å². The Morgan fingerprint density at radius 3 is 2.67 bits per heavy atom. The van der Waals surface area contributed by atoms with E-state index in [1.165, 1.54) is 37.7 Å². The van der Waals surface area contributed by atoms with Gasteiger partial charge in [-0.3, -0.25) is 9.58 Å². The first kappa shape index (κ1) is 15.0. The molecule has 1 saturated carbocycles. The predicted molar refractivity (Wildman–Crippen MR) is 83.1 cm³/mol. The average Bonchev–Trinajstić information content (AvgIpc) is 2.95. The van der Waals surface area contributed by atoms with Crippen molar-refractivity contribution in [1.29, 1.82) is 0 Å². The maximum Gasteiger partial charge on any atom is 0.0594 e. The first-order valence-electron chi connectivity index (χ1n) is 8.30. The SMILES string of the molecule is Cn1cc(CNCC2(N3CCOCC3)CCCCC2)cn1. The van der Waals surface area contributed by atoms with Gasteiger partial charge < -0.3 is 10.1 Å². The largest absolute Gasteiger partial charge is 0.379 e. The highest BCUT2D eigenvalue weighted by molar-refractivity contribution is 5.04. The fraction of sp³-hybridized carbons (Fsp3) is 0.812. The van der Waals surface area contributed by atoms with Crippen LogP contribution in [-0.2, 0) is 18.3 Å². The lowest BCUT2D eigenvalue weighted by Crippen LogP contribution is -2.59. The molecule has 2 fully saturated rings. The first-order chi connectivity index (χ1) is 10.3. The molecule has 1 aliphatic carbocycles. The van der Waals surface area contributed by atoms with Gasteiger partial charge in [-0.1, -0.05) is 19.3 Å². The van der Waals surface area contributed by atoms with Crippen LogP contribution in [0.2, 0.25) is 0 Å². The fourth-order valence-corrected chi connectivity index (χ4v) is 3.86. The molecule has 0 amide bonds. The van der Waals surface area contributed by atoms with Crippen LogP contribution in [0.5, 0.6) is 0 Å². The molecule has 118 valence electrons. The van der Waals surface area contributed by atoms with Gasteiger partial charge in [0.2, 0.25) is 0 Å². The van der Waals surface area contributed by atoms with Gasteiger partial charge in [0, 0.05) is 50.5 Å². The van der Waals surface area contributed by atoms with Crippen LogP contribution in [0.1, 0.15) is 37.7 Å². The first-order valence-corrected chi connectivity index (χ1v) is 8.30. The molecule has 1 aromatic rings. The van der Waals surface area contributed by atoms with Crippen LogP contribution in [0.25, 0.3) is 0 Å². The third kappa shape index (κ3) is 3.65. The van der Waals surface area contributed by atoms with Crippen LogP contribution in [0, 0.1) is 0 Å². The van der Waals surface area contributed by atoms with Gasteiger partial charge in [0.05, 0.1) is 19.4 Å². The van der Waals surface area contributed by atoms with Crippen molar-refractivity contribution >= 4 is 0 Å². The monoisotopic (exact) mass is 292 g/mol. The minimum Gasteiger partial charge on any atom is -0.379 e. The summed E-state index contributed by atoms with van der Waals surface area (Å²) >= 11 is 0. The van der Waals surface area contributed by atoms with E-state index in [0.717, 1.165) is 39.4 Å². The third-order valence-electron chi connectivity index (χ3n) is 5.01. The smallest absolute Gasteiger partial charge is 0.0594 e. The van der Waals surface area contributed by atoms with Crippen LogP contribution in [0.15, 0.2) is 12.4 Å². The number of rotatable bonds is 5. The van der Waals surface area contributed by atoms with E-state index in [0.29, 0.717) is 5.54 Å². The van der Waals surface area contributed by atoms with Crippen molar-refractivity contribution < 1.29 is 4.74 Å². The van der Waals surface area contributed by atoms with Crippen LogP contribution in [-0.4, -0.2) is 53.1 Å². The van der Waals surface area contributed by atoms with Gasteiger partial charge in [0.15, 0.2) is 0 Å². The molecule has 5 heteroatoms. The van der Waals surface area contributed by atoms with Crippen molar-refractivity contribution in [2.75, 3.05) is 32.8 Å². The van der Waals surface area contributed by atoms with E-state index in [2.05, 4.69) is 21.5 Å². The molecule has 1 saturated heterocycles. The minimum absolute atomic E-state index is 0.351. The summed E-state index contributed by atoms with van der Waals surface area (Å²) in [6.07, 6.45) is 10.8. The Bertz CT molecular complexity index is 433. The van der Waals surface area contributed by atoms with E-state index >= 15 is 0 Å². The molecule has 5 nitrogen and oxygen atoms in total. The summed E-state index contributed by atoms with van der Waals surface area (Å²) in [7, 11) is 1.97. The Morgan fingerprint density at radius 2 is 2.00 bits per heavy atom. The summed E-state index contributed by atoms with van der Waals surface area (Å²) in [6.45, 7) is 5.97. The highest BCUT2D eigenvalue weighted by Gasteiger charge is 2.38. The molecule has 1 aliphatic heterocycles. The fourth-order valence-electron chi connectivity index (χ4n) is 3.86. The van der Waals surface area contributed by atoms with Crippen LogP contribution < -0.4 is 5.32 Å². The lowest BCUT2D eigenvalue weighted by Gasteiger charge is -2.48. The maximum absolute atomic E-state index is 5.54. The number of nitrogens with one attached hydrogen (secondary N) is 1. The van der Waals surface area contributed by atoms with Crippen LogP contribution in [0.4, 0.5) is 0 Å². The lowest BCUT2D eigenvalue weighted by atomic mass is 9.79. The summed E-state index contributed by atoms with van der Waals surface area (Å²) in [5, 5.41) is 7.93. The number of ether oxygens (including phenoxy) is 1. The number of aryl methyl sites for hydroxylation is 1. The molecule has 3 rings (SSSR count). The van der Waals surface area contributed by atoms with Gasteiger partial charge in [-0.15, -0.1) is 0 Å². The second-order valence-electron chi connectivity index (χ2n) is 6.51. The molecular weight excluding hydrogens is 264 g/mol. The summed E-state index contributed by atoms with van der Waals surface area (Å²) in [4.78, 5) is 2.69. The lowest BCUT2D eigenvalue weighted by molar-refractivity contribution is -0.0369. The molecule has 0 radical (unpaired) electrons. The van der Waals surface area contributed by atoms with E-state index in [9.17, 15) is 0 Å². The molecule has 0 unspecified atom stereocenters. The molecule has 0 bridgehead atoms. The van der Waals surface area contributed by atoms with E-state index in [1.807, 2.05) is 17.9 Å². The Morgan fingerprint density at radius 1 is 1.24 bits per heavy atom. The molecule has 2 aliphatic rings. The summed E-state index contributed by atoms with van der Waals surface area (Å²) in [5.41, 5.74) is 1.62. The molecule has 1 aromatic heterocycles. The summed E-state index contributed by atoms with van der Waals surface area (Å²) in [6, 6.07) is 0. The van der Waals surface area contributed by atoms with Crippen molar-refractivity contribution in [1.82, 2.24) is 20.0 Å². The Balaban J connectivity index is 1.59. The van der Waals surface area contributed by atoms with Crippen LogP contribution >= 0.6 is 0 Å². The van der Waals surface area contributed by atoms with Gasteiger partial charge in [0.25, 0.3) is 0 Å². The van der Waals surface area contributed by atoms with Crippen molar-refractivity contribution in [2.24, 2.45) is 7.05 Å². The minimum atomic E-state index is 0.351.